The summed E-state index contributed by atoms with van der Waals surface area (Å²) in [4.78, 5) is 11.8. The van der Waals surface area contributed by atoms with Crippen molar-refractivity contribution in [3.05, 3.63) is 29.8 Å². The number of halogens is 1. The van der Waals surface area contributed by atoms with Crippen LogP contribution >= 0.6 is 11.6 Å². The summed E-state index contributed by atoms with van der Waals surface area (Å²) in [6.07, 6.45) is 1.56. The molecular weight excluding hydrogens is 226 g/mol. The highest BCUT2D eigenvalue weighted by Crippen LogP contribution is 2.15. The van der Waals surface area contributed by atoms with Gasteiger partial charge in [0.2, 0.25) is 0 Å². The zero-order chi connectivity index (χ0) is 12.0. The van der Waals surface area contributed by atoms with Gasteiger partial charge in [-0.15, -0.1) is 11.6 Å². The Morgan fingerprint density at radius 2 is 2.19 bits per heavy atom. The third kappa shape index (κ3) is 3.42. The Morgan fingerprint density at radius 1 is 1.50 bits per heavy atom. The first-order valence-electron chi connectivity index (χ1n) is 5.33. The molecule has 0 aliphatic heterocycles. The Bertz CT molecular complexity index is 355. The highest BCUT2D eigenvalue weighted by Gasteiger charge is 2.14. The molecule has 16 heavy (non-hydrogen) atoms. The molecule has 2 N–H and O–H groups in total. The molecule has 0 radical (unpaired) electrons. The maximum Gasteiger partial charge on any atom is 0.255 e. The van der Waals surface area contributed by atoms with Crippen LogP contribution in [0.25, 0.3) is 0 Å². The molecule has 1 unspecified atom stereocenters. The molecular formula is C12H16ClNO2. The van der Waals surface area contributed by atoms with Gasteiger partial charge in [-0.25, -0.2) is 0 Å². The summed E-state index contributed by atoms with van der Waals surface area (Å²) in [7, 11) is 0. The summed E-state index contributed by atoms with van der Waals surface area (Å²) < 4.78 is 0. The number of rotatable bonds is 5. The molecule has 0 spiro atoms. The quantitative estimate of drug-likeness (QED) is 0.779. The van der Waals surface area contributed by atoms with Gasteiger partial charge in [-0.05, 0) is 25.0 Å². The second kappa shape index (κ2) is 6.38. The molecule has 1 rings (SSSR count). The molecule has 88 valence electrons. The Morgan fingerprint density at radius 3 is 2.75 bits per heavy atom. The Kier molecular flexibility index (Phi) is 5.12. The molecule has 0 fully saturated rings. The van der Waals surface area contributed by atoms with Crippen LogP contribution in [-0.4, -0.2) is 22.9 Å². The first-order valence-corrected chi connectivity index (χ1v) is 5.87. The van der Waals surface area contributed by atoms with Gasteiger partial charge in [0.15, 0.2) is 0 Å². The number of hydrogen-bond acceptors (Lipinski definition) is 2. The number of phenolic OH excluding ortho intramolecular Hbond substituents is 1. The Hall–Kier alpha value is -1.22. The average Bonchev–Trinajstić information content (AvgIpc) is 2.28. The number of alkyl halides is 1. The number of benzene rings is 1. The van der Waals surface area contributed by atoms with Crippen molar-refractivity contribution in [3.63, 3.8) is 0 Å². The largest absolute Gasteiger partial charge is 0.507 e. The summed E-state index contributed by atoms with van der Waals surface area (Å²) >= 11 is 5.64. The zero-order valence-corrected chi connectivity index (χ0v) is 10.00. The second-order valence-electron chi connectivity index (χ2n) is 3.57. The number of phenols is 1. The van der Waals surface area contributed by atoms with E-state index in [-0.39, 0.29) is 17.7 Å². The molecule has 4 heteroatoms. The van der Waals surface area contributed by atoms with Gasteiger partial charge in [0.05, 0.1) is 5.56 Å². The molecule has 0 bridgehead atoms. The molecule has 0 heterocycles. The lowest BCUT2D eigenvalue weighted by molar-refractivity contribution is 0.0932. The van der Waals surface area contributed by atoms with Gasteiger partial charge in [0.25, 0.3) is 5.91 Å². The van der Waals surface area contributed by atoms with E-state index in [0.29, 0.717) is 11.4 Å². The molecule has 0 aromatic heterocycles. The molecule has 3 nitrogen and oxygen atoms in total. The van der Waals surface area contributed by atoms with E-state index in [4.69, 9.17) is 11.6 Å². The molecule has 1 aromatic carbocycles. The third-order valence-electron chi connectivity index (χ3n) is 2.43. The van der Waals surface area contributed by atoms with Crippen LogP contribution in [0.5, 0.6) is 5.75 Å². The van der Waals surface area contributed by atoms with Gasteiger partial charge in [-0.3, -0.25) is 4.79 Å². The lowest BCUT2D eigenvalue weighted by Gasteiger charge is -2.15. The average molecular weight is 242 g/mol. The smallest absolute Gasteiger partial charge is 0.255 e. The molecule has 0 saturated heterocycles. The van der Waals surface area contributed by atoms with E-state index in [1.54, 1.807) is 18.2 Å². The van der Waals surface area contributed by atoms with Crippen molar-refractivity contribution in [2.24, 2.45) is 0 Å². The lowest BCUT2D eigenvalue weighted by atomic mass is 10.1. The van der Waals surface area contributed by atoms with Crippen molar-refractivity contribution in [2.75, 3.05) is 5.88 Å². The first kappa shape index (κ1) is 12.8. The number of para-hydroxylation sites is 1. The van der Waals surface area contributed by atoms with E-state index in [1.807, 2.05) is 6.92 Å². The lowest BCUT2D eigenvalue weighted by Crippen LogP contribution is -2.34. The molecule has 0 saturated carbocycles. The van der Waals surface area contributed by atoms with Crippen LogP contribution in [0.15, 0.2) is 24.3 Å². The van der Waals surface area contributed by atoms with Gasteiger partial charge in [0.1, 0.15) is 5.75 Å². The van der Waals surface area contributed by atoms with Crippen molar-refractivity contribution >= 4 is 17.5 Å². The molecule has 1 amide bonds. The Labute approximate surface area is 100 Å². The van der Waals surface area contributed by atoms with Gasteiger partial charge in [-0.2, -0.15) is 0 Å². The third-order valence-corrected chi connectivity index (χ3v) is 2.65. The summed E-state index contributed by atoms with van der Waals surface area (Å²) in [6.45, 7) is 1.99. The zero-order valence-electron chi connectivity index (χ0n) is 9.24. The summed E-state index contributed by atoms with van der Waals surface area (Å²) in [5.41, 5.74) is 0.301. The number of nitrogens with one attached hydrogen (secondary N) is 1. The van der Waals surface area contributed by atoms with Crippen LogP contribution in [0.4, 0.5) is 0 Å². The van der Waals surface area contributed by atoms with E-state index < -0.39 is 0 Å². The van der Waals surface area contributed by atoms with Crippen LogP contribution < -0.4 is 5.32 Å². The maximum atomic E-state index is 11.8. The molecule has 0 aliphatic carbocycles. The number of aromatic hydroxyl groups is 1. The van der Waals surface area contributed by atoms with E-state index in [9.17, 15) is 9.90 Å². The van der Waals surface area contributed by atoms with Crippen LogP contribution in [0, 0.1) is 0 Å². The number of carbonyl (C=O) groups excluding carboxylic acids is 1. The number of amides is 1. The predicted octanol–water partition coefficient (Wildman–Crippen LogP) is 2.53. The highest BCUT2D eigenvalue weighted by atomic mass is 35.5. The van der Waals surface area contributed by atoms with Crippen molar-refractivity contribution in [1.82, 2.24) is 5.32 Å². The number of hydrogen-bond donors (Lipinski definition) is 2. The molecule has 0 aliphatic rings. The van der Waals surface area contributed by atoms with E-state index in [2.05, 4.69) is 5.32 Å². The Balaban J connectivity index is 2.68. The summed E-state index contributed by atoms with van der Waals surface area (Å²) in [5, 5.41) is 12.4. The van der Waals surface area contributed by atoms with Gasteiger partial charge in [-0.1, -0.05) is 19.1 Å². The van der Waals surface area contributed by atoms with Crippen LogP contribution in [-0.2, 0) is 0 Å². The van der Waals surface area contributed by atoms with E-state index in [0.717, 1.165) is 12.8 Å². The summed E-state index contributed by atoms with van der Waals surface area (Å²) in [6, 6.07) is 6.55. The first-order chi connectivity index (χ1) is 7.69. The van der Waals surface area contributed by atoms with Crippen molar-refractivity contribution < 1.29 is 9.90 Å². The van der Waals surface area contributed by atoms with Crippen LogP contribution in [0.3, 0.4) is 0 Å². The topological polar surface area (TPSA) is 49.3 Å². The highest BCUT2D eigenvalue weighted by molar-refractivity contribution is 6.17. The normalized spacial score (nSPS) is 12.1. The monoisotopic (exact) mass is 241 g/mol. The second-order valence-corrected chi connectivity index (χ2v) is 3.95. The summed E-state index contributed by atoms with van der Waals surface area (Å²) in [5.74, 6) is 0.260. The van der Waals surface area contributed by atoms with Gasteiger partial charge >= 0.3 is 0 Å². The van der Waals surface area contributed by atoms with Gasteiger partial charge in [0, 0.05) is 11.9 Å². The van der Waals surface area contributed by atoms with E-state index in [1.165, 1.54) is 6.07 Å². The fourth-order valence-electron chi connectivity index (χ4n) is 1.44. The fraction of sp³-hybridized carbons (Fsp3) is 0.417. The SMILES string of the molecule is CCC(CCCl)NC(=O)c1ccccc1O. The van der Waals surface area contributed by atoms with Crippen LogP contribution in [0.2, 0.25) is 0 Å². The molecule has 1 aromatic rings. The molecule has 1 atom stereocenters. The minimum absolute atomic E-state index is 0.000673. The van der Waals surface area contributed by atoms with Crippen molar-refractivity contribution in [1.29, 1.82) is 0 Å². The standard InChI is InChI=1S/C12H16ClNO2/c1-2-9(7-8-13)14-12(16)10-5-3-4-6-11(10)15/h3-6,9,15H,2,7-8H2,1H3,(H,14,16). The van der Waals surface area contributed by atoms with Gasteiger partial charge < -0.3 is 10.4 Å². The predicted molar refractivity (Wildman–Crippen MR) is 65.0 cm³/mol. The fourth-order valence-corrected chi connectivity index (χ4v) is 1.70. The number of carbonyl (C=O) groups is 1. The van der Waals surface area contributed by atoms with Crippen molar-refractivity contribution in [3.8, 4) is 5.75 Å². The maximum absolute atomic E-state index is 11.8. The minimum Gasteiger partial charge on any atom is -0.507 e. The van der Waals surface area contributed by atoms with E-state index >= 15 is 0 Å². The van der Waals surface area contributed by atoms with Crippen LogP contribution in [0.1, 0.15) is 30.1 Å². The van der Waals surface area contributed by atoms with Crippen molar-refractivity contribution in [2.45, 2.75) is 25.8 Å². The minimum atomic E-state index is -0.255.